The third-order valence-corrected chi connectivity index (χ3v) is 5.34. The molecule has 1 aliphatic rings. The Hall–Kier alpha value is -3.07. The number of anilines is 3. The number of carbonyl (C=O) groups is 2. The van der Waals surface area contributed by atoms with Gasteiger partial charge in [-0.2, -0.15) is 0 Å². The Labute approximate surface area is 157 Å². The van der Waals surface area contributed by atoms with Crippen molar-refractivity contribution < 1.29 is 22.7 Å². The first-order chi connectivity index (χ1) is 12.8. The first kappa shape index (κ1) is 18.7. The van der Waals surface area contributed by atoms with Gasteiger partial charge >= 0.3 is 0 Å². The van der Waals surface area contributed by atoms with Gasteiger partial charge in [0, 0.05) is 19.5 Å². The third-order valence-electron chi connectivity index (χ3n) is 3.94. The number of hydrogen-bond donors (Lipinski definition) is 2. The van der Waals surface area contributed by atoms with Crippen molar-refractivity contribution in [2.24, 2.45) is 0 Å². The van der Waals surface area contributed by atoms with Crippen molar-refractivity contribution in [3.05, 3.63) is 42.5 Å². The maximum atomic E-state index is 12.6. The molecule has 0 fully saturated rings. The van der Waals surface area contributed by atoms with Crippen LogP contribution < -0.4 is 19.7 Å². The Morgan fingerprint density at radius 1 is 1.04 bits per heavy atom. The zero-order valence-corrected chi connectivity index (χ0v) is 15.7. The zero-order chi connectivity index (χ0) is 19.6. The average Bonchev–Trinajstić information content (AvgIpc) is 2.60. The van der Waals surface area contributed by atoms with Gasteiger partial charge in [-0.25, -0.2) is 8.42 Å². The van der Waals surface area contributed by atoms with Crippen LogP contribution in [0.25, 0.3) is 0 Å². The molecule has 1 heterocycles. The lowest BCUT2D eigenvalue weighted by Gasteiger charge is -2.29. The number of ether oxygens (including phenoxy) is 1. The first-order valence-electron chi connectivity index (χ1n) is 8.22. The van der Waals surface area contributed by atoms with Gasteiger partial charge in [0.25, 0.3) is 10.0 Å². The van der Waals surface area contributed by atoms with Gasteiger partial charge in [-0.1, -0.05) is 0 Å². The van der Waals surface area contributed by atoms with Crippen molar-refractivity contribution in [1.82, 2.24) is 0 Å². The molecule has 0 aliphatic carbocycles. The Kier molecular flexibility index (Phi) is 5.04. The second-order valence-corrected chi connectivity index (χ2v) is 7.70. The van der Waals surface area contributed by atoms with E-state index in [1.165, 1.54) is 38.1 Å². The Morgan fingerprint density at radius 2 is 1.70 bits per heavy atom. The van der Waals surface area contributed by atoms with Gasteiger partial charge in [-0.15, -0.1) is 0 Å². The summed E-state index contributed by atoms with van der Waals surface area (Å²) in [5.74, 6) is 0.141. The number of sulfonamides is 1. The van der Waals surface area contributed by atoms with Gasteiger partial charge in [0.15, 0.2) is 0 Å². The van der Waals surface area contributed by atoms with Gasteiger partial charge in [-0.05, 0) is 42.5 Å². The van der Waals surface area contributed by atoms with E-state index in [1.807, 2.05) is 0 Å². The highest BCUT2D eigenvalue weighted by Gasteiger charge is 2.23. The fourth-order valence-electron chi connectivity index (χ4n) is 2.74. The topological polar surface area (TPSA) is 105 Å². The molecular formula is C18H19N3O5S. The second kappa shape index (κ2) is 7.28. The molecule has 0 bridgehead atoms. The summed E-state index contributed by atoms with van der Waals surface area (Å²) in [4.78, 5) is 24.4. The maximum Gasteiger partial charge on any atom is 0.261 e. The average molecular weight is 389 g/mol. The van der Waals surface area contributed by atoms with Crippen LogP contribution in [0.3, 0.4) is 0 Å². The van der Waals surface area contributed by atoms with Crippen LogP contribution in [0.4, 0.5) is 17.1 Å². The minimum Gasteiger partial charge on any atom is -0.490 e. The van der Waals surface area contributed by atoms with E-state index in [1.54, 1.807) is 23.1 Å². The summed E-state index contributed by atoms with van der Waals surface area (Å²) in [6, 6.07) is 10.6. The molecule has 8 nitrogen and oxygen atoms in total. The lowest BCUT2D eigenvalue weighted by atomic mass is 10.2. The van der Waals surface area contributed by atoms with Gasteiger partial charge in [0.1, 0.15) is 12.4 Å². The van der Waals surface area contributed by atoms with Crippen LogP contribution in [0.5, 0.6) is 5.75 Å². The molecule has 2 amide bonds. The molecule has 3 rings (SSSR count). The highest BCUT2D eigenvalue weighted by atomic mass is 32.2. The largest absolute Gasteiger partial charge is 0.490 e. The molecule has 9 heteroatoms. The summed E-state index contributed by atoms with van der Waals surface area (Å²) in [6.45, 7) is 3.61. The smallest absolute Gasteiger partial charge is 0.261 e. The minimum absolute atomic E-state index is 0.0500. The highest BCUT2D eigenvalue weighted by Crippen LogP contribution is 2.34. The lowest BCUT2D eigenvalue weighted by Crippen LogP contribution is -2.36. The number of fused-ring (bicyclic) bond motifs is 1. The summed E-state index contributed by atoms with van der Waals surface area (Å²) in [6.07, 6.45) is 0. The quantitative estimate of drug-likeness (QED) is 0.834. The summed E-state index contributed by atoms with van der Waals surface area (Å²) in [7, 11) is -3.83. The highest BCUT2D eigenvalue weighted by molar-refractivity contribution is 7.92. The number of nitrogens with zero attached hydrogens (tertiary/aromatic N) is 1. The number of carbonyl (C=O) groups excluding carboxylic acids is 2. The monoisotopic (exact) mass is 389 g/mol. The molecule has 142 valence electrons. The van der Waals surface area contributed by atoms with E-state index in [-0.39, 0.29) is 16.7 Å². The van der Waals surface area contributed by atoms with E-state index in [9.17, 15) is 18.0 Å². The predicted molar refractivity (Wildman–Crippen MR) is 102 cm³/mol. The number of amides is 2. The first-order valence-corrected chi connectivity index (χ1v) is 9.70. The standard InChI is InChI=1S/C18H19N3O5S/c1-12(22)19-14-3-6-16(7-4-14)27(24,25)20-15-5-8-18-17(11-15)21(13(2)23)9-10-26-18/h3-8,11,20H,9-10H2,1-2H3,(H,19,22). The van der Waals surface area contributed by atoms with Crippen LogP contribution in [0, 0.1) is 0 Å². The molecular weight excluding hydrogens is 370 g/mol. The van der Waals surface area contributed by atoms with Crippen LogP contribution in [-0.2, 0) is 19.6 Å². The molecule has 0 saturated heterocycles. The van der Waals surface area contributed by atoms with Crippen LogP contribution >= 0.6 is 0 Å². The number of nitrogens with one attached hydrogen (secondary N) is 2. The molecule has 0 saturated carbocycles. The predicted octanol–water partition coefficient (Wildman–Crippen LogP) is 2.19. The zero-order valence-electron chi connectivity index (χ0n) is 14.9. The molecule has 0 atom stereocenters. The number of benzene rings is 2. The van der Waals surface area contributed by atoms with Crippen LogP contribution in [0.2, 0.25) is 0 Å². The van der Waals surface area contributed by atoms with E-state index in [0.717, 1.165) is 0 Å². The molecule has 1 aliphatic heterocycles. The van der Waals surface area contributed by atoms with Crippen molar-refractivity contribution in [1.29, 1.82) is 0 Å². The minimum atomic E-state index is -3.83. The molecule has 27 heavy (non-hydrogen) atoms. The fourth-order valence-corrected chi connectivity index (χ4v) is 3.79. The molecule has 2 aromatic carbocycles. The Bertz CT molecular complexity index is 987. The van der Waals surface area contributed by atoms with E-state index in [2.05, 4.69) is 10.0 Å². The van der Waals surface area contributed by atoms with Crippen molar-refractivity contribution >= 4 is 38.9 Å². The van der Waals surface area contributed by atoms with Crippen molar-refractivity contribution in [3.8, 4) is 5.75 Å². The van der Waals surface area contributed by atoms with Crippen molar-refractivity contribution in [2.75, 3.05) is 28.1 Å². The SMILES string of the molecule is CC(=O)Nc1ccc(S(=O)(=O)Nc2ccc3c(c2)N(C(C)=O)CCO3)cc1. The maximum absolute atomic E-state index is 12.6. The third kappa shape index (κ3) is 4.20. The van der Waals surface area contributed by atoms with E-state index < -0.39 is 10.0 Å². The lowest BCUT2D eigenvalue weighted by molar-refractivity contribution is -0.117. The van der Waals surface area contributed by atoms with Gasteiger partial charge in [0.2, 0.25) is 11.8 Å². The Morgan fingerprint density at radius 3 is 2.33 bits per heavy atom. The Balaban J connectivity index is 1.85. The summed E-state index contributed by atoms with van der Waals surface area (Å²) >= 11 is 0. The normalized spacial score (nSPS) is 13.3. The molecule has 2 aromatic rings. The summed E-state index contributed by atoms with van der Waals surface area (Å²) < 4.78 is 33.2. The van der Waals surface area contributed by atoms with Crippen molar-refractivity contribution in [3.63, 3.8) is 0 Å². The number of rotatable bonds is 4. The summed E-state index contributed by atoms with van der Waals surface area (Å²) in [5.41, 5.74) is 1.34. The van der Waals surface area contributed by atoms with Crippen LogP contribution in [0.1, 0.15) is 13.8 Å². The molecule has 2 N–H and O–H groups in total. The van der Waals surface area contributed by atoms with Crippen molar-refractivity contribution in [2.45, 2.75) is 18.7 Å². The molecule has 0 radical (unpaired) electrons. The van der Waals surface area contributed by atoms with Gasteiger partial charge in [-0.3, -0.25) is 14.3 Å². The van der Waals surface area contributed by atoms with E-state index in [0.29, 0.717) is 36.0 Å². The van der Waals surface area contributed by atoms with Crippen LogP contribution in [-0.4, -0.2) is 33.4 Å². The van der Waals surface area contributed by atoms with Gasteiger partial charge in [0.05, 0.1) is 22.8 Å². The molecule has 0 unspecified atom stereocenters. The fraction of sp³-hybridized carbons (Fsp3) is 0.222. The number of hydrogen-bond acceptors (Lipinski definition) is 5. The van der Waals surface area contributed by atoms with Gasteiger partial charge < -0.3 is 15.0 Å². The second-order valence-electron chi connectivity index (χ2n) is 6.01. The van der Waals surface area contributed by atoms with E-state index in [4.69, 9.17) is 4.74 Å². The van der Waals surface area contributed by atoms with E-state index >= 15 is 0 Å². The van der Waals surface area contributed by atoms with Crippen LogP contribution in [0.15, 0.2) is 47.4 Å². The molecule has 0 spiro atoms. The summed E-state index contributed by atoms with van der Waals surface area (Å²) in [5, 5.41) is 2.58. The molecule has 0 aromatic heterocycles.